The minimum absolute atomic E-state index is 0.185. The highest BCUT2D eigenvalue weighted by molar-refractivity contribution is 5.80. The van der Waals surface area contributed by atoms with Crippen molar-refractivity contribution in [1.82, 2.24) is 10.2 Å². The lowest BCUT2D eigenvalue weighted by Crippen LogP contribution is -2.50. The zero-order chi connectivity index (χ0) is 14.0. The summed E-state index contributed by atoms with van der Waals surface area (Å²) >= 11 is 0. The molecule has 1 atom stereocenters. The Balaban J connectivity index is 4.29. The van der Waals surface area contributed by atoms with Crippen LogP contribution in [0.5, 0.6) is 0 Å². The van der Waals surface area contributed by atoms with E-state index >= 15 is 0 Å². The first kappa shape index (κ1) is 17.4. The van der Waals surface area contributed by atoms with Crippen LogP contribution >= 0.6 is 0 Å². The third-order valence-electron chi connectivity index (χ3n) is 3.26. The number of carbonyl (C=O) groups excluding carboxylic acids is 1. The van der Waals surface area contributed by atoms with Crippen molar-refractivity contribution < 1.29 is 14.3 Å². The zero-order valence-electron chi connectivity index (χ0n) is 12.4. The highest BCUT2D eigenvalue weighted by Crippen LogP contribution is 2.12. The Morgan fingerprint density at radius 3 is 2.44 bits per heavy atom. The molecule has 1 N–H and O–H groups in total. The second-order valence-corrected chi connectivity index (χ2v) is 4.48. The monoisotopic (exact) mass is 260 g/mol. The summed E-state index contributed by atoms with van der Waals surface area (Å²) in [5.41, 5.74) is -0.615. The van der Waals surface area contributed by atoms with Crippen LogP contribution in [0.3, 0.4) is 0 Å². The van der Waals surface area contributed by atoms with Crippen molar-refractivity contribution in [2.45, 2.75) is 32.7 Å². The van der Waals surface area contributed by atoms with E-state index in [0.29, 0.717) is 13.2 Å². The minimum Gasteiger partial charge on any atom is -0.465 e. The number of nitrogens with one attached hydrogen (secondary N) is 1. The molecule has 0 bridgehead atoms. The van der Waals surface area contributed by atoms with Gasteiger partial charge in [0.2, 0.25) is 0 Å². The van der Waals surface area contributed by atoms with Crippen LogP contribution in [0.1, 0.15) is 27.2 Å². The van der Waals surface area contributed by atoms with Gasteiger partial charge in [0, 0.05) is 20.2 Å². The van der Waals surface area contributed by atoms with Crippen molar-refractivity contribution in [3.8, 4) is 0 Å². The summed E-state index contributed by atoms with van der Waals surface area (Å²) < 4.78 is 10.2. The van der Waals surface area contributed by atoms with Crippen LogP contribution in [0.4, 0.5) is 0 Å². The van der Waals surface area contributed by atoms with Gasteiger partial charge in [-0.2, -0.15) is 0 Å². The fourth-order valence-corrected chi connectivity index (χ4v) is 1.65. The van der Waals surface area contributed by atoms with E-state index in [1.165, 1.54) is 0 Å². The molecule has 0 saturated carbocycles. The van der Waals surface area contributed by atoms with E-state index in [1.54, 1.807) is 14.2 Å². The number of carbonyl (C=O) groups is 1. The quantitative estimate of drug-likeness (QED) is 0.591. The Bertz CT molecular complexity index is 236. The molecule has 0 heterocycles. The van der Waals surface area contributed by atoms with Crippen LogP contribution < -0.4 is 5.32 Å². The van der Waals surface area contributed by atoms with Crippen molar-refractivity contribution in [2.75, 3.05) is 47.0 Å². The van der Waals surface area contributed by atoms with Crippen LogP contribution in [0.15, 0.2) is 0 Å². The van der Waals surface area contributed by atoms with Crippen LogP contribution in [0, 0.1) is 0 Å². The lowest BCUT2D eigenvalue weighted by atomic mass is 9.98. The van der Waals surface area contributed by atoms with Crippen molar-refractivity contribution in [3.05, 3.63) is 0 Å². The smallest absolute Gasteiger partial charge is 0.326 e. The number of hydrogen-bond donors (Lipinski definition) is 1. The maximum Gasteiger partial charge on any atom is 0.326 e. The second-order valence-electron chi connectivity index (χ2n) is 4.48. The third kappa shape index (κ3) is 5.80. The molecule has 108 valence electrons. The van der Waals surface area contributed by atoms with Gasteiger partial charge in [-0.3, -0.25) is 4.79 Å². The molecule has 0 saturated heterocycles. The molecule has 0 fully saturated rings. The van der Waals surface area contributed by atoms with Gasteiger partial charge in [0.05, 0.1) is 13.2 Å². The van der Waals surface area contributed by atoms with Crippen LogP contribution in [0.2, 0.25) is 0 Å². The molecule has 0 amide bonds. The molecule has 0 aliphatic carbocycles. The summed E-state index contributed by atoms with van der Waals surface area (Å²) in [6.07, 6.45) is 0.722. The molecule has 0 spiro atoms. The summed E-state index contributed by atoms with van der Waals surface area (Å²) in [6.45, 7) is 9.62. The number of nitrogens with zero attached hydrogens (tertiary/aromatic N) is 1. The Labute approximate surface area is 111 Å². The lowest BCUT2D eigenvalue weighted by molar-refractivity contribution is -0.150. The first-order valence-corrected chi connectivity index (χ1v) is 6.61. The van der Waals surface area contributed by atoms with Gasteiger partial charge < -0.3 is 19.7 Å². The van der Waals surface area contributed by atoms with E-state index < -0.39 is 5.54 Å². The number of esters is 1. The Kier molecular flexibility index (Phi) is 8.97. The molecule has 0 aromatic rings. The van der Waals surface area contributed by atoms with Gasteiger partial charge in [0.25, 0.3) is 0 Å². The highest BCUT2D eigenvalue weighted by Gasteiger charge is 2.32. The van der Waals surface area contributed by atoms with Crippen LogP contribution in [0.25, 0.3) is 0 Å². The maximum atomic E-state index is 11.9. The standard InChI is InChI=1S/C13H28N2O3/c1-6-15(10-11-17-5)9-8-13(3,14-4)12(16)18-7-2/h14H,6-11H2,1-5H3. The van der Waals surface area contributed by atoms with Gasteiger partial charge >= 0.3 is 5.97 Å². The van der Waals surface area contributed by atoms with Crippen LogP contribution in [-0.2, 0) is 14.3 Å². The van der Waals surface area contributed by atoms with E-state index in [1.807, 2.05) is 13.8 Å². The Morgan fingerprint density at radius 1 is 1.33 bits per heavy atom. The lowest BCUT2D eigenvalue weighted by Gasteiger charge is -2.29. The van der Waals surface area contributed by atoms with E-state index in [-0.39, 0.29) is 5.97 Å². The van der Waals surface area contributed by atoms with Crippen molar-refractivity contribution in [2.24, 2.45) is 0 Å². The highest BCUT2D eigenvalue weighted by atomic mass is 16.5. The summed E-state index contributed by atoms with van der Waals surface area (Å²) in [5, 5.41) is 3.07. The predicted molar refractivity (Wildman–Crippen MR) is 72.7 cm³/mol. The van der Waals surface area contributed by atoms with Gasteiger partial charge in [0.1, 0.15) is 5.54 Å². The summed E-state index contributed by atoms with van der Waals surface area (Å²) in [5.74, 6) is -0.185. The molecule has 18 heavy (non-hydrogen) atoms. The topological polar surface area (TPSA) is 50.8 Å². The molecule has 0 aromatic heterocycles. The molecule has 5 heteroatoms. The van der Waals surface area contributed by atoms with E-state index in [0.717, 1.165) is 26.1 Å². The minimum atomic E-state index is -0.615. The number of hydrogen-bond acceptors (Lipinski definition) is 5. The zero-order valence-corrected chi connectivity index (χ0v) is 12.4. The number of likely N-dealkylation sites (N-methyl/N-ethyl adjacent to an activating group) is 2. The van der Waals surface area contributed by atoms with E-state index in [4.69, 9.17) is 9.47 Å². The number of rotatable bonds is 10. The van der Waals surface area contributed by atoms with Crippen molar-refractivity contribution >= 4 is 5.97 Å². The first-order valence-electron chi connectivity index (χ1n) is 6.61. The molecule has 0 aliphatic heterocycles. The Hall–Kier alpha value is -0.650. The molecular formula is C13H28N2O3. The van der Waals surface area contributed by atoms with E-state index in [2.05, 4.69) is 17.1 Å². The largest absolute Gasteiger partial charge is 0.465 e. The summed E-state index contributed by atoms with van der Waals surface area (Å²) in [6, 6.07) is 0. The molecule has 0 aliphatic rings. The SMILES string of the molecule is CCOC(=O)C(C)(CCN(CC)CCOC)NC. The second kappa shape index (κ2) is 9.30. The summed E-state index contributed by atoms with van der Waals surface area (Å²) in [7, 11) is 3.49. The number of methoxy groups -OCH3 is 1. The molecular weight excluding hydrogens is 232 g/mol. The van der Waals surface area contributed by atoms with Gasteiger partial charge in [-0.1, -0.05) is 6.92 Å². The first-order chi connectivity index (χ1) is 8.53. The average Bonchev–Trinajstić information content (AvgIpc) is 2.38. The Morgan fingerprint density at radius 2 is 2.00 bits per heavy atom. The van der Waals surface area contributed by atoms with Crippen molar-refractivity contribution in [3.63, 3.8) is 0 Å². The molecule has 0 radical (unpaired) electrons. The van der Waals surface area contributed by atoms with Gasteiger partial charge in [0.15, 0.2) is 0 Å². The van der Waals surface area contributed by atoms with Gasteiger partial charge in [-0.05, 0) is 33.9 Å². The molecule has 0 rings (SSSR count). The fraction of sp³-hybridized carbons (Fsp3) is 0.923. The molecule has 1 unspecified atom stereocenters. The third-order valence-corrected chi connectivity index (χ3v) is 3.26. The maximum absolute atomic E-state index is 11.9. The fourth-order valence-electron chi connectivity index (χ4n) is 1.65. The predicted octanol–water partition coefficient (Wildman–Crippen LogP) is 0.886. The molecule has 5 nitrogen and oxygen atoms in total. The van der Waals surface area contributed by atoms with Gasteiger partial charge in [-0.15, -0.1) is 0 Å². The van der Waals surface area contributed by atoms with Crippen molar-refractivity contribution in [1.29, 1.82) is 0 Å². The van der Waals surface area contributed by atoms with E-state index in [9.17, 15) is 4.79 Å². The average molecular weight is 260 g/mol. The van der Waals surface area contributed by atoms with Gasteiger partial charge in [-0.25, -0.2) is 0 Å². The summed E-state index contributed by atoms with van der Waals surface area (Å²) in [4.78, 5) is 14.1. The number of ether oxygens (including phenoxy) is 2. The van der Waals surface area contributed by atoms with Crippen LogP contribution in [-0.4, -0.2) is 63.4 Å². The molecule has 0 aromatic carbocycles. The normalized spacial score (nSPS) is 14.6.